The Balaban J connectivity index is 0.000000162. The molecule has 0 aliphatic heterocycles. The van der Waals surface area contributed by atoms with Crippen LogP contribution in [0.25, 0.3) is 43.7 Å². The molecule has 0 saturated carbocycles. The minimum atomic E-state index is -0.174. The summed E-state index contributed by atoms with van der Waals surface area (Å²) < 4.78 is 0. The molecule has 7 heterocycles. The first-order valence-corrected chi connectivity index (χ1v) is 21.5. The Labute approximate surface area is 386 Å². The number of aromatic nitrogens is 7. The maximum Gasteiger partial charge on any atom is 0.251 e. The Kier molecular flexibility index (Phi) is 12.5. The van der Waals surface area contributed by atoms with E-state index in [2.05, 4.69) is 45.5 Å². The fourth-order valence-electron chi connectivity index (χ4n) is 7.41. The molecule has 15 heteroatoms. The molecule has 2 amide bonds. The zero-order valence-corrected chi connectivity index (χ0v) is 36.7. The summed E-state index contributed by atoms with van der Waals surface area (Å²) in [6.45, 7) is 0.756. The molecule has 3 aromatic carbocycles. The average molecular weight is 924 g/mol. The van der Waals surface area contributed by atoms with Gasteiger partial charge in [-0.2, -0.15) is 0 Å². The van der Waals surface area contributed by atoms with Crippen molar-refractivity contribution >= 4 is 102 Å². The Morgan fingerprint density at radius 2 is 1.02 bits per heavy atom. The fourth-order valence-corrected chi connectivity index (χ4v) is 8.07. The van der Waals surface area contributed by atoms with Crippen LogP contribution >= 0.6 is 46.4 Å². The van der Waals surface area contributed by atoms with Crippen LogP contribution < -0.4 is 10.6 Å². The predicted molar refractivity (Wildman–Crippen MR) is 254 cm³/mol. The lowest BCUT2D eigenvalue weighted by Crippen LogP contribution is -2.22. The van der Waals surface area contributed by atoms with Crippen LogP contribution in [0, 0.1) is 0 Å². The van der Waals surface area contributed by atoms with Crippen LogP contribution in [-0.2, 0) is 25.9 Å². The molecular weight excluding hydrogens is 888 g/mol. The Bertz CT molecular complexity index is 3150. The normalized spacial score (nSPS) is 11.2. The van der Waals surface area contributed by atoms with E-state index in [4.69, 9.17) is 46.4 Å². The number of pyridine rings is 5. The predicted octanol–water partition coefficient (Wildman–Crippen LogP) is 11.3. The van der Waals surface area contributed by atoms with E-state index in [9.17, 15) is 9.59 Å². The first-order chi connectivity index (χ1) is 31.1. The topological polar surface area (TPSA) is 154 Å². The van der Waals surface area contributed by atoms with E-state index in [1.54, 1.807) is 43.1 Å². The molecule has 0 aliphatic carbocycles. The molecule has 4 N–H and O–H groups in total. The average Bonchev–Trinajstić information content (AvgIpc) is 3.90. The third-order valence-electron chi connectivity index (χ3n) is 10.5. The molecule has 64 heavy (non-hydrogen) atoms. The minimum absolute atomic E-state index is 0.153. The van der Waals surface area contributed by atoms with Gasteiger partial charge in [-0.15, -0.1) is 0 Å². The van der Waals surface area contributed by atoms with Crippen molar-refractivity contribution in [3.63, 3.8) is 0 Å². The number of fused-ring (bicyclic) bond motifs is 4. The van der Waals surface area contributed by atoms with Crippen molar-refractivity contribution in [2.45, 2.75) is 25.9 Å². The van der Waals surface area contributed by atoms with Gasteiger partial charge in [-0.1, -0.05) is 58.5 Å². The summed E-state index contributed by atoms with van der Waals surface area (Å²) in [5, 5.41) is 12.2. The zero-order chi connectivity index (χ0) is 44.2. The lowest BCUT2D eigenvalue weighted by atomic mass is 10.0. The Morgan fingerprint density at radius 1 is 0.500 bits per heavy atom. The lowest BCUT2D eigenvalue weighted by Gasteiger charge is -2.07. The second-order valence-electron chi connectivity index (χ2n) is 15.0. The van der Waals surface area contributed by atoms with Gasteiger partial charge in [-0.25, -0.2) is 4.98 Å². The summed E-state index contributed by atoms with van der Waals surface area (Å²) >= 11 is 24.3. The number of hydrogen-bond donors (Lipinski definition) is 4. The summed E-state index contributed by atoms with van der Waals surface area (Å²) in [7, 11) is 0. The van der Waals surface area contributed by atoms with E-state index in [1.165, 1.54) is 0 Å². The summed E-state index contributed by atoms with van der Waals surface area (Å²) in [6, 6.07) is 30.3. The number of carbonyl (C=O) groups is 2. The van der Waals surface area contributed by atoms with Crippen molar-refractivity contribution in [1.29, 1.82) is 0 Å². The highest BCUT2D eigenvalue weighted by molar-refractivity contribution is 6.32. The third-order valence-corrected chi connectivity index (χ3v) is 11.4. The molecule has 11 nitrogen and oxygen atoms in total. The van der Waals surface area contributed by atoms with Gasteiger partial charge in [0.2, 0.25) is 0 Å². The van der Waals surface area contributed by atoms with Crippen molar-refractivity contribution < 1.29 is 9.59 Å². The summed E-state index contributed by atoms with van der Waals surface area (Å²) in [6.07, 6.45) is 13.1. The number of benzene rings is 3. The third kappa shape index (κ3) is 9.99. The monoisotopic (exact) mass is 921 g/mol. The highest BCUT2D eigenvalue weighted by Gasteiger charge is 2.13. The standard InChI is InChI=1S/C25H18Cl2N4O.C24H17Cl2N5O/c26-19-2-4-24-22(11-19)18(12-29-24)13-31-25(32)16-5-6-28-21(10-16)8-15-1-3-23-17(7-15)9-20(27)14-30-23;25-18-7-16-5-14(1-2-22(16)28-12-18)6-20-8-15(3-4-27-20)24(32)31-11-17-10-29-23-21(17)9-19(26)13-30-23/h1-7,9-12,14,29H,8,13H2,(H,31,32);1-5,7-10,12-13H,6,11H2,(H,29,30)(H,31,32). The summed E-state index contributed by atoms with van der Waals surface area (Å²) in [5.41, 5.74) is 10.3. The maximum atomic E-state index is 12.8. The quantitative estimate of drug-likeness (QED) is 0.106. The van der Waals surface area contributed by atoms with Crippen molar-refractivity contribution in [2.75, 3.05) is 0 Å². The van der Waals surface area contributed by atoms with Gasteiger partial charge in [0.15, 0.2) is 0 Å². The summed E-state index contributed by atoms with van der Waals surface area (Å²) in [4.78, 5) is 53.5. The van der Waals surface area contributed by atoms with Crippen LogP contribution in [0.3, 0.4) is 0 Å². The van der Waals surface area contributed by atoms with Crippen LogP contribution in [-0.4, -0.2) is 46.7 Å². The van der Waals surface area contributed by atoms with Gasteiger partial charge in [-0.3, -0.25) is 29.5 Å². The number of aromatic amines is 2. The number of carbonyl (C=O) groups excluding carboxylic acids is 2. The van der Waals surface area contributed by atoms with Crippen molar-refractivity contribution in [1.82, 2.24) is 45.5 Å². The van der Waals surface area contributed by atoms with Crippen molar-refractivity contribution in [2.24, 2.45) is 0 Å². The molecule has 0 fully saturated rings. The van der Waals surface area contributed by atoms with Gasteiger partial charge in [0, 0.05) is 124 Å². The number of nitrogens with zero attached hydrogens (tertiary/aromatic N) is 5. The van der Waals surface area contributed by atoms with Gasteiger partial charge in [-0.05, 0) is 107 Å². The number of rotatable bonds is 10. The SMILES string of the molecule is O=C(NCc1c[nH]c2ccc(Cl)cc12)c1ccnc(Cc2ccc3ncc(Cl)cc3c2)c1.O=C(NCc1c[nH]c2ncc(Cl)cc12)c1ccnc(Cc2ccc3ncc(Cl)cc3c2)c1. The van der Waals surface area contributed by atoms with E-state index in [-0.39, 0.29) is 11.8 Å². The van der Waals surface area contributed by atoms with Crippen LogP contribution in [0.1, 0.15) is 54.4 Å². The lowest BCUT2D eigenvalue weighted by molar-refractivity contribution is 0.0943. The van der Waals surface area contributed by atoms with Gasteiger partial charge >= 0.3 is 0 Å². The van der Waals surface area contributed by atoms with E-state index < -0.39 is 0 Å². The molecule has 0 radical (unpaired) electrons. The molecule has 10 aromatic rings. The Morgan fingerprint density at radius 3 is 1.61 bits per heavy atom. The second kappa shape index (κ2) is 18.8. The van der Waals surface area contributed by atoms with Gasteiger partial charge in [0.25, 0.3) is 11.8 Å². The number of hydrogen-bond acceptors (Lipinski definition) is 7. The number of amides is 2. The molecule has 0 atom stereocenters. The van der Waals surface area contributed by atoms with Crippen LogP contribution in [0.15, 0.2) is 140 Å². The van der Waals surface area contributed by atoms with Crippen molar-refractivity contribution in [3.8, 4) is 0 Å². The number of H-pyrrole nitrogens is 2. The molecule has 10 rings (SSSR count). The molecule has 0 saturated heterocycles. The first kappa shape index (κ1) is 42.4. The zero-order valence-electron chi connectivity index (χ0n) is 33.7. The Hall–Kier alpha value is -6.89. The fraction of sp³-hybridized carbons (Fsp3) is 0.0816. The van der Waals surface area contributed by atoms with Gasteiger partial charge in [0.05, 0.1) is 26.1 Å². The number of halogens is 4. The molecule has 0 spiro atoms. The minimum Gasteiger partial charge on any atom is -0.361 e. The van der Waals surface area contributed by atoms with Gasteiger partial charge < -0.3 is 20.6 Å². The van der Waals surface area contributed by atoms with Crippen LogP contribution in [0.5, 0.6) is 0 Å². The van der Waals surface area contributed by atoms with Crippen molar-refractivity contribution in [3.05, 3.63) is 205 Å². The molecule has 316 valence electrons. The highest BCUT2D eigenvalue weighted by atomic mass is 35.5. The molecule has 7 aromatic heterocycles. The molecule has 0 aliphatic rings. The molecular formula is C49H35Cl4N9O2. The smallest absolute Gasteiger partial charge is 0.251 e. The molecule has 0 unspecified atom stereocenters. The van der Waals surface area contributed by atoms with Gasteiger partial charge in [0.1, 0.15) is 5.65 Å². The van der Waals surface area contributed by atoms with Crippen LogP contribution in [0.2, 0.25) is 20.1 Å². The van der Waals surface area contributed by atoms with E-state index in [0.717, 1.165) is 77.4 Å². The van der Waals surface area contributed by atoms with E-state index >= 15 is 0 Å². The first-order valence-electron chi connectivity index (χ1n) is 20.0. The van der Waals surface area contributed by atoms with Crippen LogP contribution in [0.4, 0.5) is 0 Å². The second-order valence-corrected chi connectivity index (χ2v) is 16.8. The highest BCUT2D eigenvalue weighted by Crippen LogP contribution is 2.25. The number of nitrogens with one attached hydrogen (secondary N) is 4. The van der Waals surface area contributed by atoms with E-state index in [0.29, 0.717) is 57.1 Å². The summed E-state index contributed by atoms with van der Waals surface area (Å²) in [5.74, 6) is -0.327. The molecule has 0 bridgehead atoms. The van der Waals surface area contributed by atoms with E-state index in [1.807, 2.05) is 97.3 Å². The maximum absolute atomic E-state index is 12.8. The largest absolute Gasteiger partial charge is 0.361 e.